The molecule has 9 rings (SSSR count). The molecule has 0 N–H and O–H groups in total. The molecule has 9 aromatic rings. The summed E-state index contributed by atoms with van der Waals surface area (Å²) in [4.78, 5) is 10.1. The van der Waals surface area contributed by atoms with Crippen LogP contribution >= 0.6 is 0 Å². The van der Waals surface area contributed by atoms with Gasteiger partial charge < -0.3 is 8.98 Å². The summed E-state index contributed by atoms with van der Waals surface area (Å²) in [7, 11) is 0. The molecule has 0 amide bonds. The minimum atomic E-state index is 0.591. The smallest absolute Gasteiger partial charge is 0.231 e. The van der Waals surface area contributed by atoms with Crippen LogP contribution < -0.4 is 0 Å². The fourth-order valence-corrected chi connectivity index (χ4v) is 6.42. The lowest BCUT2D eigenvalue weighted by Gasteiger charge is -2.11. The fraction of sp³-hybridized carbons (Fsp3) is 0. The van der Waals surface area contributed by atoms with Gasteiger partial charge in [0.1, 0.15) is 5.58 Å². The summed E-state index contributed by atoms with van der Waals surface area (Å²) in [6.45, 7) is 0. The van der Waals surface area contributed by atoms with Crippen LogP contribution in [0.25, 0.3) is 83.3 Å². The van der Waals surface area contributed by atoms with Gasteiger partial charge in [-0.2, -0.15) is 4.98 Å². The molecule has 44 heavy (non-hydrogen) atoms. The molecule has 0 aliphatic heterocycles. The van der Waals surface area contributed by atoms with Gasteiger partial charge in [-0.15, -0.1) is 0 Å². The van der Waals surface area contributed by atoms with Gasteiger partial charge in [-0.05, 0) is 47.5 Å². The molecular weight excluding hydrogens is 538 g/mol. The Balaban J connectivity index is 1.20. The first kappa shape index (κ1) is 24.6. The topological polar surface area (TPSA) is 43.9 Å². The molecule has 0 saturated heterocycles. The highest BCUT2D eigenvalue weighted by atomic mass is 16.3. The highest BCUT2D eigenvalue weighted by molar-refractivity contribution is 6.11. The van der Waals surface area contributed by atoms with E-state index < -0.39 is 0 Å². The van der Waals surface area contributed by atoms with Gasteiger partial charge in [0.2, 0.25) is 5.71 Å². The van der Waals surface area contributed by atoms with E-state index in [-0.39, 0.29) is 0 Å². The molecule has 0 saturated carbocycles. The number of para-hydroxylation sites is 3. The molecule has 3 heterocycles. The molecular formula is C40H25N3O. The van der Waals surface area contributed by atoms with Crippen LogP contribution in [-0.4, -0.2) is 14.5 Å². The van der Waals surface area contributed by atoms with Crippen molar-refractivity contribution in [3.63, 3.8) is 0 Å². The Hall–Kier alpha value is -6.00. The normalized spacial score (nSPS) is 11.6. The van der Waals surface area contributed by atoms with Gasteiger partial charge in [-0.25, -0.2) is 4.98 Å². The van der Waals surface area contributed by atoms with Crippen LogP contribution in [0.2, 0.25) is 0 Å². The number of furan rings is 1. The number of fused-ring (bicyclic) bond motifs is 6. The summed E-state index contributed by atoms with van der Waals surface area (Å²) in [6.07, 6.45) is 0. The second-order valence-electron chi connectivity index (χ2n) is 11.0. The zero-order valence-corrected chi connectivity index (χ0v) is 23.7. The fourth-order valence-electron chi connectivity index (χ4n) is 6.42. The highest BCUT2D eigenvalue weighted by Gasteiger charge is 2.18. The minimum Gasteiger partial charge on any atom is -0.438 e. The maximum absolute atomic E-state index is 6.27. The first-order valence-electron chi connectivity index (χ1n) is 14.8. The molecule has 4 nitrogen and oxygen atoms in total. The lowest BCUT2D eigenvalue weighted by Crippen LogP contribution is -1.95. The molecule has 6 aromatic carbocycles. The van der Waals surface area contributed by atoms with Crippen LogP contribution in [0.4, 0.5) is 0 Å². The predicted octanol–water partition coefficient (Wildman–Crippen LogP) is 10.5. The van der Waals surface area contributed by atoms with E-state index in [0.29, 0.717) is 11.5 Å². The number of aromatic nitrogens is 3. The maximum atomic E-state index is 6.27. The average molecular weight is 564 g/mol. The van der Waals surface area contributed by atoms with Crippen molar-refractivity contribution in [2.75, 3.05) is 0 Å². The van der Waals surface area contributed by atoms with Gasteiger partial charge in [-0.1, -0.05) is 115 Å². The van der Waals surface area contributed by atoms with Gasteiger partial charge >= 0.3 is 0 Å². The summed E-state index contributed by atoms with van der Waals surface area (Å²) < 4.78 is 8.62. The molecule has 0 aliphatic carbocycles. The third kappa shape index (κ3) is 3.85. The first-order valence-corrected chi connectivity index (χ1v) is 14.8. The summed E-state index contributed by atoms with van der Waals surface area (Å²) in [5.41, 5.74) is 9.97. The molecule has 0 radical (unpaired) electrons. The molecule has 0 fully saturated rings. The van der Waals surface area contributed by atoms with E-state index in [1.54, 1.807) is 0 Å². The summed E-state index contributed by atoms with van der Waals surface area (Å²) >= 11 is 0. The van der Waals surface area contributed by atoms with Crippen molar-refractivity contribution in [2.24, 2.45) is 0 Å². The monoisotopic (exact) mass is 563 g/mol. The quantitative estimate of drug-likeness (QED) is 0.214. The van der Waals surface area contributed by atoms with Crippen molar-refractivity contribution in [3.05, 3.63) is 152 Å². The molecule has 0 bridgehead atoms. The molecule has 4 heteroatoms. The third-order valence-corrected chi connectivity index (χ3v) is 8.42. The Morgan fingerprint density at radius 2 is 1.05 bits per heavy atom. The van der Waals surface area contributed by atoms with Gasteiger partial charge in [-0.3, -0.25) is 0 Å². The maximum Gasteiger partial charge on any atom is 0.231 e. The Bertz CT molecular complexity index is 2450. The number of hydrogen-bond acceptors (Lipinski definition) is 3. The Labute approximate surface area is 253 Å². The zero-order chi connectivity index (χ0) is 29.0. The molecule has 0 aliphatic rings. The molecule has 206 valence electrons. The van der Waals surface area contributed by atoms with Crippen LogP contribution in [-0.2, 0) is 0 Å². The van der Waals surface area contributed by atoms with E-state index in [0.717, 1.165) is 50.0 Å². The number of nitrogens with zero attached hydrogens (tertiary/aromatic N) is 3. The van der Waals surface area contributed by atoms with Crippen molar-refractivity contribution in [2.45, 2.75) is 0 Å². The SMILES string of the molecule is c1ccc(-c2nc(-c3cccc(-c4cccc(-n5c6ccccc6c6ccccc65)c4)c3)nc3oc4ccccc4c23)cc1. The predicted molar refractivity (Wildman–Crippen MR) is 180 cm³/mol. The van der Waals surface area contributed by atoms with E-state index in [2.05, 4.69) is 120 Å². The lowest BCUT2D eigenvalue weighted by molar-refractivity contribution is 0.653. The van der Waals surface area contributed by atoms with Crippen LogP contribution in [0.15, 0.2) is 156 Å². The van der Waals surface area contributed by atoms with E-state index in [9.17, 15) is 0 Å². The van der Waals surface area contributed by atoms with E-state index in [4.69, 9.17) is 14.4 Å². The second kappa shape index (κ2) is 9.79. The average Bonchev–Trinajstić information content (AvgIpc) is 3.64. The zero-order valence-electron chi connectivity index (χ0n) is 23.7. The number of benzene rings is 6. The second-order valence-corrected chi connectivity index (χ2v) is 11.0. The number of hydrogen-bond donors (Lipinski definition) is 0. The Morgan fingerprint density at radius 3 is 1.82 bits per heavy atom. The first-order chi connectivity index (χ1) is 21.8. The van der Waals surface area contributed by atoms with Crippen molar-refractivity contribution >= 4 is 43.9 Å². The number of rotatable bonds is 4. The highest BCUT2D eigenvalue weighted by Crippen LogP contribution is 2.37. The van der Waals surface area contributed by atoms with Crippen molar-refractivity contribution in [1.29, 1.82) is 0 Å². The minimum absolute atomic E-state index is 0.591. The van der Waals surface area contributed by atoms with Gasteiger partial charge in [0.25, 0.3) is 0 Å². The van der Waals surface area contributed by atoms with Gasteiger partial charge in [0, 0.05) is 33.0 Å². The third-order valence-electron chi connectivity index (χ3n) is 8.42. The van der Waals surface area contributed by atoms with Crippen LogP contribution in [0.5, 0.6) is 0 Å². The molecule has 0 atom stereocenters. The summed E-state index contributed by atoms with van der Waals surface area (Å²) in [5, 5.41) is 4.46. The molecule has 0 spiro atoms. The van der Waals surface area contributed by atoms with Crippen molar-refractivity contribution in [3.8, 4) is 39.5 Å². The van der Waals surface area contributed by atoms with Crippen molar-refractivity contribution in [1.82, 2.24) is 14.5 Å². The molecule has 3 aromatic heterocycles. The van der Waals surface area contributed by atoms with Gasteiger partial charge in [0.05, 0.1) is 22.1 Å². The summed E-state index contributed by atoms with van der Waals surface area (Å²) in [5.74, 6) is 0.635. The van der Waals surface area contributed by atoms with E-state index >= 15 is 0 Å². The van der Waals surface area contributed by atoms with Crippen LogP contribution in [0.3, 0.4) is 0 Å². The summed E-state index contributed by atoms with van der Waals surface area (Å²) in [6, 6.07) is 52.7. The van der Waals surface area contributed by atoms with Crippen LogP contribution in [0.1, 0.15) is 0 Å². The van der Waals surface area contributed by atoms with E-state index in [1.807, 2.05) is 36.4 Å². The largest absolute Gasteiger partial charge is 0.438 e. The lowest BCUT2D eigenvalue weighted by atomic mass is 10.0. The van der Waals surface area contributed by atoms with Crippen LogP contribution in [0, 0.1) is 0 Å². The standard InChI is InChI=1S/C40H25N3O/c1-2-12-26(13-3-1)38-37-33-20-6-9-23-36(33)44-40(37)42-39(41-38)29-16-10-14-27(24-29)28-15-11-17-30(25-28)43-34-21-7-4-18-31(34)32-19-5-8-22-35(32)43/h1-25H. The van der Waals surface area contributed by atoms with E-state index in [1.165, 1.54) is 21.8 Å². The molecule has 0 unspecified atom stereocenters. The van der Waals surface area contributed by atoms with Crippen molar-refractivity contribution < 1.29 is 4.42 Å². The Morgan fingerprint density at radius 1 is 0.455 bits per heavy atom. The Kier molecular flexibility index (Phi) is 5.47. The van der Waals surface area contributed by atoms with Gasteiger partial charge in [0.15, 0.2) is 5.82 Å².